The Balaban J connectivity index is 1.67. The third kappa shape index (κ3) is 3.25. The first-order chi connectivity index (χ1) is 9.22. The van der Waals surface area contributed by atoms with Crippen LogP contribution in [0.2, 0.25) is 0 Å². The van der Waals surface area contributed by atoms with Crippen LogP contribution in [0.3, 0.4) is 0 Å². The van der Waals surface area contributed by atoms with Gasteiger partial charge in [-0.15, -0.1) is 0 Å². The first-order valence-corrected chi connectivity index (χ1v) is 7.39. The number of hydrogen-bond donors (Lipinski definition) is 1. The molecule has 19 heavy (non-hydrogen) atoms. The van der Waals surface area contributed by atoms with Crippen LogP contribution >= 0.6 is 12.2 Å². The van der Waals surface area contributed by atoms with Gasteiger partial charge >= 0.3 is 0 Å². The van der Waals surface area contributed by atoms with E-state index >= 15 is 0 Å². The Bertz CT molecular complexity index is 447. The lowest BCUT2D eigenvalue weighted by molar-refractivity contribution is -0.0597. The molecule has 2 aliphatic rings. The molecule has 3 nitrogen and oxygen atoms in total. The number of hydrogen-bond acceptors (Lipinski definition) is 2. The van der Waals surface area contributed by atoms with E-state index in [1.54, 1.807) is 0 Å². The van der Waals surface area contributed by atoms with Gasteiger partial charge in [-0.3, -0.25) is 0 Å². The fourth-order valence-electron chi connectivity index (χ4n) is 2.46. The number of ether oxygens (including phenoxy) is 1. The molecule has 1 saturated carbocycles. The van der Waals surface area contributed by atoms with Gasteiger partial charge in [0, 0.05) is 12.6 Å². The zero-order valence-electron chi connectivity index (χ0n) is 11.2. The van der Waals surface area contributed by atoms with Crippen molar-refractivity contribution in [1.29, 1.82) is 0 Å². The highest BCUT2D eigenvalue weighted by molar-refractivity contribution is 7.80. The maximum atomic E-state index is 6.04. The highest BCUT2D eigenvalue weighted by atomic mass is 32.1. The van der Waals surface area contributed by atoms with Gasteiger partial charge in [0.25, 0.3) is 0 Å². The second-order valence-electron chi connectivity index (χ2n) is 5.47. The van der Waals surface area contributed by atoms with Gasteiger partial charge < -0.3 is 15.0 Å². The van der Waals surface area contributed by atoms with Crippen LogP contribution in [0.4, 0.5) is 0 Å². The van der Waals surface area contributed by atoms with E-state index in [0.717, 1.165) is 18.2 Å². The molecule has 1 heterocycles. The van der Waals surface area contributed by atoms with E-state index in [2.05, 4.69) is 41.4 Å². The quantitative estimate of drug-likeness (QED) is 0.839. The van der Waals surface area contributed by atoms with Crippen LogP contribution in [-0.2, 0) is 4.74 Å². The van der Waals surface area contributed by atoms with Crippen molar-refractivity contribution < 1.29 is 4.74 Å². The fraction of sp³-hybridized carbons (Fsp3) is 0.533. The monoisotopic (exact) mass is 276 g/mol. The molecule has 0 unspecified atom stereocenters. The molecule has 0 aromatic heterocycles. The lowest BCUT2D eigenvalue weighted by atomic mass is 10.1. The van der Waals surface area contributed by atoms with E-state index in [1.807, 2.05) is 6.07 Å². The highest BCUT2D eigenvalue weighted by Gasteiger charge is 2.30. The summed E-state index contributed by atoms with van der Waals surface area (Å²) in [6.45, 7) is 3.83. The first-order valence-electron chi connectivity index (χ1n) is 6.98. The predicted octanol–water partition coefficient (Wildman–Crippen LogP) is 2.49. The van der Waals surface area contributed by atoms with Crippen molar-refractivity contribution >= 4 is 17.3 Å². The molecule has 1 saturated heterocycles. The van der Waals surface area contributed by atoms with E-state index in [0.29, 0.717) is 6.04 Å². The molecule has 1 aromatic carbocycles. The predicted molar refractivity (Wildman–Crippen MR) is 80.1 cm³/mol. The van der Waals surface area contributed by atoms with Crippen LogP contribution in [0.25, 0.3) is 0 Å². The van der Waals surface area contributed by atoms with Crippen molar-refractivity contribution in [3.63, 3.8) is 0 Å². The van der Waals surface area contributed by atoms with Crippen LogP contribution in [0.5, 0.6) is 0 Å². The molecule has 4 heteroatoms. The molecule has 0 spiro atoms. The Morgan fingerprint density at radius 2 is 2.00 bits per heavy atom. The van der Waals surface area contributed by atoms with E-state index in [-0.39, 0.29) is 12.2 Å². The van der Waals surface area contributed by atoms with Gasteiger partial charge in [0.2, 0.25) is 0 Å². The zero-order chi connectivity index (χ0) is 13.2. The average molecular weight is 276 g/mol. The summed E-state index contributed by atoms with van der Waals surface area (Å²) in [5.74, 6) is 0. The molecule has 3 rings (SSSR count). The average Bonchev–Trinajstić information content (AvgIpc) is 3.23. The Morgan fingerprint density at radius 1 is 1.26 bits per heavy atom. The lowest BCUT2D eigenvalue weighted by Gasteiger charge is -2.38. The van der Waals surface area contributed by atoms with Crippen molar-refractivity contribution in [2.75, 3.05) is 13.1 Å². The number of morpholine rings is 1. The minimum Gasteiger partial charge on any atom is -0.367 e. The van der Waals surface area contributed by atoms with Crippen LogP contribution in [0.15, 0.2) is 30.3 Å². The summed E-state index contributed by atoms with van der Waals surface area (Å²) in [6.07, 6.45) is 2.83. The maximum Gasteiger partial charge on any atom is 0.169 e. The summed E-state index contributed by atoms with van der Waals surface area (Å²) >= 11 is 5.51. The molecule has 2 atom stereocenters. The molecular formula is C15H20N2OS. The molecule has 1 aromatic rings. The van der Waals surface area contributed by atoms with Crippen molar-refractivity contribution in [3.8, 4) is 0 Å². The van der Waals surface area contributed by atoms with Gasteiger partial charge in [0.15, 0.2) is 5.11 Å². The molecule has 1 N–H and O–H groups in total. The van der Waals surface area contributed by atoms with E-state index in [9.17, 15) is 0 Å². The number of nitrogens with one attached hydrogen (secondary N) is 1. The van der Waals surface area contributed by atoms with Gasteiger partial charge in [-0.2, -0.15) is 0 Å². The van der Waals surface area contributed by atoms with Gasteiger partial charge in [0.05, 0.1) is 12.6 Å². The summed E-state index contributed by atoms with van der Waals surface area (Å²) in [7, 11) is 0. The SMILES string of the molecule is C[C@@H]1CN(C(=S)NC2CC2)C[C@@H](c2ccccc2)O1. The Morgan fingerprint density at radius 3 is 2.68 bits per heavy atom. The number of nitrogens with zero attached hydrogens (tertiary/aromatic N) is 1. The van der Waals surface area contributed by atoms with Crippen LogP contribution in [-0.4, -0.2) is 35.2 Å². The summed E-state index contributed by atoms with van der Waals surface area (Å²) in [6, 6.07) is 11.0. The number of rotatable bonds is 2. The summed E-state index contributed by atoms with van der Waals surface area (Å²) in [5, 5.41) is 4.31. The van der Waals surface area contributed by atoms with Gasteiger partial charge in [0.1, 0.15) is 6.10 Å². The van der Waals surface area contributed by atoms with E-state index < -0.39 is 0 Å². The molecule has 0 amide bonds. The molecule has 0 bridgehead atoms. The first kappa shape index (κ1) is 12.9. The molecule has 102 valence electrons. The van der Waals surface area contributed by atoms with Crippen molar-refractivity contribution in [1.82, 2.24) is 10.2 Å². The second-order valence-corrected chi connectivity index (χ2v) is 5.86. The summed E-state index contributed by atoms with van der Waals surface area (Å²) < 4.78 is 6.04. The third-order valence-electron chi connectivity index (χ3n) is 3.62. The minimum atomic E-state index is 0.115. The fourth-order valence-corrected chi connectivity index (χ4v) is 2.78. The molecule has 0 radical (unpaired) electrons. The molecular weight excluding hydrogens is 256 g/mol. The Hall–Kier alpha value is -1.13. The minimum absolute atomic E-state index is 0.115. The largest absolute Gasteiger partial charge is 0.367 e. The smallest absolute Gasteiger partial charge is 0.169 e. The van der Waals surface area contributed by atoms with Crippen molar-refractivity contribution in [2.24, 2.45) is 0 Å². The van der Waals surface area contributed by atoms with Crippen molar-refractivity contribution in [3.05, 3.63) is 35.9 Å². The molecule has 2 fully saturated rings. The third-order valence-corrected chi connectivity index (χ3v) is 4.00. The van der Waals surface area contributed by atoms with Crippen LogP contribution in [0.1, 0.15) is 31.4 Å². The van der Waals surface area contributed by atoms with Gasteiger partial charge in [-0.05, 0) is 37.5 Å². The molecule has 1 aliphatic carbocycles. The lowest BCUT2D eigenvalue weighted by Crippen LogP contribution is -2.50. The Kier molecular flexibility index (Phi) is 3.71. The highest BCUT2D eigenvalue weighted by Crippen LogP contribution is 2.26. The normalized spacial score (nSPS) is 27.1. The van der Waals surface area contributed by atoms with E-state index in [4.69, 9.17) is 17.0 Å². The van der Waals surface area contributed by atoms with Crippen molar-refractivity contribution in [2.45, 2.75) is 38.0 Å². The summed E-state index contributed by atoms with van der Waals surface area (Å²) in [4.78, 5) is 2.25. The zero-order valence-corrected chi connectivity index (χ0v) is 12.0. The topological polar surface area (TPSA) is 24.5 Å². The van der Waals surface area contributed by atoms with E-state index in [1.165, 1.54) is 18.4 Å². The molecule has 1 aliphatic heterocycles. The standard InChI is InChI=1S/C15H20N2OS/c1-11-9-17(15(19)16-13-7-8-13)10-14(18-11)12-5-3-2-4-6-12/h2-6,11,13-14H,7-10H2,1H3,(H,16,19)/t11-,14+/m1/s1. The second kappa shape index (κ2) is 5.47. The van der Waals surface area contributed by atoms with Gasteiger partial charge in [-0.1, -0.05) is 30.3 Å². The van der Waals surface area contributed by atoms with Gasteiger partial charge in [-0.25, -0.2) is 0 Å². The number of thiocarbonyl (C=S) groups is 1. The van der Waals surface area contributed by atoms with Crippen LogP contribution < -0.4 is 5.32 Å². The summed E-state index contributed by atoms with van der Waals surface area (Å²) in [5.41, 5.74) is 1.23. The maximum absolute atomic E-state index is 6.04. The van der Waals surface area contributed by atoms with Crippen LogP contribution in [0, 0.1) is 0 Å². The Labute approximate surface area is 119 Å². The number of benzene rings is 1.